The highest BCUT2D eigenvalue weighted by Gasteiger charge is 2.09. The quantitative estimate of drug-likeness (QED) is 0.903. The van der Waals surface area contributed by atoms with Gasteiger partial charge in [-0.05, 0) is 35.7 Å². The first-order valence-corrected chi connectivity index (χ1v) is 5.84. The molecule has 0 bridgehead atoms. The van der Waals surface area contributed by atoms with Gasteiger partial charge in [-0.2, -0.15) is 8.78 Å². The smallest absolute Gasteiger partial charge is 0.387 e. The van der Waals surface area contributed by atoms with Crippen LogP contribution in [-0.4, -0.2) is 11.6 Å². The molecular weight excluding hydrogens is 250 g/mol. The number of halogens is 2. The molecule has 0 spiro atoms. The van der Waals surface area contributed by atoms with E-state index in [4.69, 9.17) is 5.73 Å². The summed E-state index contributed by atoms with van der Waals surface area (Å²) in [6, 6.07) is 9.96. The highest BCUT2D eigenvalue weighted by atomic mass is 19.3. The SMILES string of the molecule is NC(Cc1cccnc1)c1ccc(OC(F)F)cc1. The number of benzene rings is 1. The van der Waals surface area contributed by atoms with E-state index in [1.165, 1.54) is 12.1 Å². The monoisotopic (exact) mass is 264 g/mol. The van der Waals surface area contributed by atoms with Gasteiger partial charge in [0, 0.05) is 18.4 Å². The first kappa shape index (κ1) is 13.4. The van der Waals surface area contributed by atoms with E-state index in [1.807, 2.05) is 12.1 Å². The number of nitrogens with two attached hydrogens (primary N) is 1. The number of hydrogen-bond acceptors (Lipinski definition) is 3. The molecule has 2 aromatic rings. The molecule has 100 valence electrons. The molecule has 0 saturated heterocycles. The second kappa shape index (κ2) is 6.24. The second-order valence-corrected chi connectivity index (χ2v) is 4.12. The van der Waals surface area contributed by atoms with E-state index in [1.54, 1.807) is 24.5 Å². The van der Waals surface area contributed by atoms with Crippen LogP contribution in [0, 0.1) is 0 Å². The van der Waals surface area contributed by atoms with Crippen molar-refractivity contribution in [2.24, 2.45) is 5.73 Å². The van der Waals surface area contributed by atoms with E-state index in [-0.39, 0.29) is 11.8 Å². The third-order valence-electron chi connectivity index (χ3n) is 2.71. The minimum absolute atomic E-state index is 0.132. The summed E-state index contributed by atoms with van der Waals surface area (Å²) in [6.45, 7) is -2.81. The lowest BCUT2D eigenvalue weighted by atomic mass is 10.0. The molecule has 1 aromatic heterocycles. The minimum atomic E-state index is -2.81. The zero-order valence-electron chi connectivity index (χ0n) is 10.2. The zero-order valence-corrected chi connectivity index (χ0v) is 10.2. The normalized spacial score (nSPS) is 12.4. The maximum Gasteiger partial charge on any atom is 0.387 e. The predicted octanol–water partition coefficient (Wildman–Crippen LogP) is 2.93. The Labute approximate surface area is 110 Å². The van der Waals surface area contributed by atoms with Gasteiger partial charge in [-0.1, -0.05) is 18.2 Å². The van der Waals surface area contributed by atoms with E-state index in [9.17, 15) is 8.78 Å². The van der Waals surface area contributed by atoms with Crippen molar-refractivity contribution in [1.82, 2.24) is 4.98 Å². The molecule has 1 atom stereocenters. The van der Waals surface area contributed by atoms with Gasteiger partial charge in [-0.25, -0.2) is 0 Å². The summed E-state index contributed by atoms with van der Waals surface area (Å²) in [5.74, 6) is 0.132. The summed E-state index contributed by atoms with van der Waals surface area (Å²) < 4.78 is 28.3. The van der Waals surface area contributed by atoms with Crippen molar-refractivity contribution in [3.05, 3.63) is 59.9 Å². The van der Waals surface area contributed by atoms with Crippen LogP contribution in [0.5, 0.6) is 5.75 Å². The molecule has 2 N–H and O–H groups in total. The van der Waals surface area contributed by atoms with Gasteiger partial charge in [0.25, 0.3) is 0 Å². The Morgan fingerprint density at radius 2 is 1.89 bits per heavy atom. The van der Waals surface area contributed by atoms with Crippen LogP contribution >= 0.6 is 0 Å². The van der Waals surface area contributed by atoms with Crippen molar-refractivity contribution in [3.63, 3.8) is 0 Å². The van der Waals surface area contributed by atoms with Gasteiger partial charge < -0.3 is 10.5 Å². The van der Waals surface area contributed by atoms with Crippen LogP contribution < -0.4 is 10.5 Å². The van der Waals surface area contributed by atoms with E-state index in [2.05, 4.69) is 9.72 Å². The maximum atomic E-state index is 12.0. The van der Waals surface area contributed by atoms with Gasteiger partial charge in [-0.15, -0.1) is 0 Å². The largest absolute Gasteiger partial charge is 0.435 e. The van der Waals surface area contributed by atoms with Crippen molar-refractivity contribution in [3.8, 4) is 5.75 Å². The maximum absolute atomic E-state index is 12.0. The Bertz CT molecular complexity index is 503. The van der Waals surface area contributed by atoms with Crippen molar-refractivity contribution < 1.29 is 13.5 Å². The molecule has 0 aliphatic rings. The summed E-state index contributed by atoms with van der Waals surface area (Å²) in [5.41, 5.74) is 7.96. The number of hydrogen-bond donors (Lipinski definition) is 1. The molecule has 0 fully saturated rings. The predicted molar refractivity (Wildman–Crippen MR) is 67.9 cm³/mol. The summed E-state index contributed by atoms with van der Waals surface area (Å²) in [4.78, 5) is 4.02. The van der Waals surface area contributed by atoms with Gasteiger partial charge >= 0.3 is 6.61 Å². The Morgan fingerprint density at radius 1 is 1.16 bits per heavy atom. The van der Waals surface area contributed by atoms with Gasteiger partial charge in [0.2, 0.25) is 0 Å². The number of rotatable bonds is 5. The number of nitrogens with zero attached hydrogens (tertiary/aromatic N) is 1. The molecule has 2 rings (SSSR count). The average Bonchev–Trinajstić information content (AvgIpc) is 2.40. The second-order valence-electron chi connectivity index (χ2n) is 4.12. The standard InChI is InChI=1S/C14H14F2N2O/c15-14(16)19-12-5-3-11(4-6-12)13(17)8-10-2-1-7-18-9-10/h1-7,9,13-14H,8,17H2. The molecule has 5 heteroatoms. The van der Waals surface area contributed by atoms with Crippen LogP contribution in [0.1, 0.15) is 17.2 Å². The Kier molecular flexibility index (Phi) is 4.41. The third-order valence-corrected chi connectivity index (χ3v) is 2.71. The van der Waals surface area contributed by atoms with Gasteiger partial charge in [-0.3, -0.25) is 4.98 Å². The summed E-state index contributed by atoms with van der Waals surface area (Å²) in [6.07, 6.45) is 4.10. The molecule has 0 aliphatic carbocycles. The summed E-state index contributed by atoms with van der Waals surface area (Å²) >= 11 is 0. The first-order chi connectivity index (χ1) is 9.15. The minimum Gasteiger partial charge on any atom is -0.435 e. The zero-order chi connectivity index (χ0) is 13.7. The molecule has 19 heavy (non-hydrogen) atoms. The van der Waals surface area contributed by atoms with Crippen molar-refractivity contribution >= 4 is 0 Å². The average molecular weight is 264 g/mol. The van der Waals surface area contributed by atoms with Gasteiger partial charge in [0.15, 0.2) is 0 Å². The Hall–Kier alpha value is -2.01. The van der Waals surface area contributed by atoms with Crippen LogP contribution in [0.3, 0.4) is 0 Å². The van der Waals surface area contributed by atoms with Crippen LogP contribution in [0.15, 0.2) is 48.8 Å². The summed E-state index contributed by atoms with van der Waals surface area (Å²) in [7, 11) is 0. The van der Waals surface area contributed by atoms with Crippen LogP contribution in [0.25, 0.3) is 0 Å². The van der Waals surface area contributed by atoms with Crippen molar-refractivity contribution in [1.29, 1.82) is 0 Å². The fourth-order valence-electron chi connectivity index (χ4n) is 1.79. The molecule has 0 aliphatic heterocycles. The van der Waals surface area contributed by atoms with Crippen molar-refractivity contribution in [2.45, 2.75) is 19.1 Å². The molecule has 0 amide bonds. The molecule has 1 unspecified atom stereocenters. The number of pyridine rings is 1. The van der Waals surface area contributed by atoms with E-state index in [0.717, 1.165) is 11.1 Å². The fourth-order valence-corrected chi connectivity index (χ4v) is 1.79. The third kappa shape index (κ3) is 3.99. The molecule has 1 aromatic carbocycles. The number of aromatic nitrogens is 1. The lowest BCUT2D eigenvalue weighted by Gasteiger charge is -2.12. The lowest BCUT2D eigenvalue weighted by molar-refractivity contribution is -0.0498. The van der Waals surface area contributed by atoms with Gasteiger partial charge in [0.05, 0.1) is 0 Å². The molecule has 0 saturated carbocycles. The molecule has 3 nitrogen and oxygen atoms in total. The topological polar surface area (TPSA) is 48.1 Å². The lowest BCUT2D eigenvalue weighted by Crippen LogP contribution is -2.13. The first-order valence-electron chi connectivity index (χ1n) is 5.84. The van der Waals surface area contributed by atoms with E-state index >= 15 is 0 Å². The summed E-state index contributed by atoms with van der Waals surface area (Å²) in [5, 5.41) is 0. The molecule has 1 heterocycles. The van der Waals surface area contributed by atoms with Crippen LogP contribution in [0.4, 0.5) is 8.78 Å². The van der Waals surface area contributed by atoms with E-state index < -0.39 is 6.61 Å². The number of ether oxygens (including phenoxy) is 1. The molecular formula is C14H14F2N2O. The fraction of sp³-hybridized carbons (Fsp3) is 0.214. The van der Waals surface area contributed by atoms with Crippen molar-refractivity contribution in [2.75, 3.05) is 0 Å². The Morgan fingerprint density at radius 3 is 2.47 bits per heavy atom. The number of alkyl halides is 2. The Balaban J connectivity index is 2.01. The van der Waals surface area contributed by atoms with Crippen LogP contribution in [0.2, 0.25) is 0 Å². The van der Waals surface area contributed by atoms with Crippen LogP contribution in [-0.2, 0) is 6.42 Å². The van der Waals surface area contributed by atoms with E-state index in [0.29, 0.717) is 6.42 Å². The highest BCUT2D eigenvalue weighted by molar-refractivity contribution is 5.30. The highest BCUT2D eigenvalue weighted by Crippen LogP contribution is 2.20. The molecule has 0 radical (unpaired) electrons. The van der Waals surface area contributed by atoms with Gasteiger partial charge in [0.1, 0.15) is 5.75 Å².